The van der Waals surface area contributed by atoms with E-state index in [1.54, 1.807) is 0 Å². The molecule has 0 aliphatic rings. The van der Waals surface area contributed by atoms with E-state index in [2.05, 4.69) is 11.9 Å². The van der Waals surface area contributed by atoms with E-state index in [1.807, 2.05) is 0 Å². The summed E-state index contributed by atoms with van der Waals surface area (Å²) in [5.41, 5.74) is 0. The van der Waals surface area contributed by atoms with Crippen LogP contribution in [0.3, 0.4) is 0 Å². The number of carbonyl (C=O) groups is 2. The second-order valence-corrected chi connectivity index (χ2v) is 2.78. The van der Waals surface area contributed by atoms with Gasteiger partial charge in [-0.3, -0.25) is 0 Å². The van der Waals surface area contributed by atoms with Crippen LogP contribution in [0.1, 0.15) is 0 Å². The van der Waals surface area contributed by atoms with E-state index >= 15 is 0 Å². The van der Waals surface area contributed by atoms with Crippen LogP contribution < -0.4 is 5.32 Å². The van der Waals surface area contributed by atoms with E-state index < -0.39 is 11.5 Å². The zero-order valence-electron chi connectivity index (χ0n) is 5.82. The lowest BCUT2D eigenvalue weighted by Gasteiger charge is -2.08. The minimum absolute atomic E-state index is 0.261. The highest BCUT2D eigenvalue weighted by Gasteiger charge is 2.05. The van der Waals surface area contributed by atoms with E-state index in [-0.39, 0.29) is 5.75 Å². The third-order valence-corrected chi connectivity index (χ3v) is 1.82. The van der Waals surface area contributed by atoms with Gasteiger partial charge in [-0.2, -0.15) is 0 Å². The second kappa shape index (κ2) is 5.79. The molecule has 0 aromatic heterocycles. The predicted molar refractivity (Wildman–Crippen MR) is 43.7 cm³/mol. The van der Waals surface area contributed by atoms with Crippen LogP contribution >= 0.6 is 11.8 Å². The van der Waals surface area contributed by atoms with Crippen LogP contribution in [0.25, 0.3) is 0 Å². The average Bonchev–Trinajstić information content (AvgIpc) is 1.97. The maximum absolute atomic E-state index is 10.1. The van der Waals surface area contributed by atoms with E-state index in [9.17, 15) is 9.59 Å². The highest BCUT2D eigenvalue weighted by molar-refractivity contribution is 8.00. The van der Waals surface area contributed by atoms with Crippen LogP contribution in [0, 0.1) is 0 Å². The van der Waals surface area contributed by atoms with Crippen LogP contribution in [0.4, 0.5) is 4.79 Å². The zero-order chi connectivity index (χ0) is 8.69. The van der Waals surface area contributed by atoms with Crippen molar-refractivity contribution in [3.05, 3.63) is 12.7 Å². The Labute approximate surface area is 68.7 Å². The van der Waals surface area contributed by atoms with Gasteiger partial charge >= 0.3 is 6.09 Å². The molecule has 0 aromatic carbocycles. The lowest BCUT2D eigenvalue weighted by molar-refractivity contribution is -0.105. The molecule has 5 heteroatoms. The fourth-order valence-corrected chi connectivity index (χ4v) is 1.04. The van der Waals surface area contributed by atoms with E-state index in [0.29, 0.717) is 6.29 Å². The van der Waals surface area contributed by atoms with E-state index in [0.717, 1.165) is 0 Å². The maximum atomic E-state index is 10.1. The standard InChI is InChI=1S/C6H9NO3S/c1-2-5(7-6(9)10)11-4-3-8/h2-3,5,7H,1,4H2,(H,9,10). The largest absolute Gasteiger partial charge is 0.465 e. The summed E-state index contributed by atoms with van der Waals surface area (Å²) >= 11 is 1.17. The Hall–Kier alpha value is -0.970. The van der Waals surface area contributed by atoms with Crippen molar-refractivity contribution in [2.24, 2.45) is 0 Å². The van der Waals surface area contributed by atoms with Gasteiger partial charge in [0.15, 0.2) is 0 Å². The highest BCUT2D eigenvalue weighted by atomic mass is 32.2. The Morgan fingerprint density at radius 1 is 1.82 bits per heavy atom. The lowest BCUT2D eigenvalue weighted by atomic mass is 10.6. The number of amides is 1. The fourth-order valence-electron chi connectivity index (χ4n) is 0.433. The van der Waals surface area contributed by atoms with Crippen molar-refractivity contribution in [3.63, 3.8) is 0 Å². The molecule has 11 heavy (non-hydrogen) atoms. The molecule has 0 aromatic rings. The first-order valence-electron chi connectivity index (χ1n) is 2.88. The van der Waals surface area contributed by atoms with Gasteiger partial charge in [-0.15, -0.1) is 18.3 Å². The molecule has 0 aliphatic carbocycles. The van der Waals surface area contributed by atoms with Crippen LogP contribution in [0.2, 0.25) is 0 Å². The smallest absolute Gasteiger partial charge is 0.405 e. The van der Waals surface area contributed by atoms with Gasteiger partial charge in [0.1, 0.15) is 6.29 Å². The monoisotopic (exact) mass is 175 g/mol. The molecular formula is C6H9NO3S. The Morgan fingerprint density at radius 3 is 2.82 bits per heavy atom. The molecule has 0 aliphatic heterocycles. The molecule has 0 rings (SSSR count). The van der Waals surface area contributed by atoms with Gasteiger partial charge < -0.3 is 15.2 Å². The number of carboxylic acid groups (broad SMARTS) is 1. The third kappa shape index (κ3) is 5.47. The van der Waals surface area contributed by atoms with Crippen LogP contribution in [0.5, 0.6) is 0 Å². The highest BCUT2D eigenvalue weighted by Crippen LogP contribution is 2.06. The molecule has 4 nitrogen and oxygen atoms in total. The zero-order valence-corrected chi connectivity index (χ0v) is 6.63. The van der Waals surface area contributed by atoms with Gasteiger partial charge in [-0.05, 0) is 0 Å². The van der Waals surface area contributed by atoms with Gasteiger partial charge in [-0.25, -0.2) is 4.79 Å². The predicted octanol–water partition coefficient (Wildman–Crippen LogP) is 0.698. The first-order chi connectivity index (χ1) is 5.20. The van der Waals surface area contributed by atoms with Crippen molar-refractivity contribution in [3.8, 4) is 0 Å². The normalized spacial score (nSPS) is 11.6. The minimum atomic E-state index is -1.12. The van der Waals surface area contributed by atoms with Crippen molar-refractivity contribution in [1.29, 1.82) is 0 Å². The number of aldehydes is 1. The van der Waals surface area contributed by atoms with Gasteiger partial charge in [0.05, 0.1) is 11.1 Å². The number of nitrogens with one attached hydrogen (secondary N) is 1. The molecule has 1 unspecified atom stereocenters. The number of carbonyl (C=O) groups excluding carboxylic acids is 1. The van der Waals surface area contributed by atoms with Gasteiger partial charge in [0, 0.05) is 0 Å². The summed E-state index contributed by atoms with van der Waals surface area (Å²) in [6, 6.07) is 0. The molecule has 1 amide bonds. The first kappa shape index (κ1) is 10.0. The van der Waals surface area contributed by atoms with Crippen molar-refractivity contribution in [2.45, 2.75) is 5.37 Å². The Balaban J connectivity index is 3.65. The van der Waals surface area contributed by atoms with Crippen molar-refractivity contribution in [1.82, 2.24) is 5.32 Å². The van der Waals surface area contributed by atoms with Gasteiger partial charge in [-0.1, -0.05) is 6.08 Å². The summed E-state index contributed by atoms with van der Waals surface area (Å²) in [4.78, 5) is 20.0. The first-order valence-corrected chi connectivity index (χ1v) is 3.93. The van der Waals surface area contributed by atoms with Gasteiger partial charge in [0.2, 0.25) is 0 Å². The number of hydrogen-bond donors (Lipinski definition) is 2. The third-order valence-electron chi connectivity index (χ3n) is 0.824. The Morgan fingerprint density at radius 2 is 2.45 bits per heavy atom. The topological polar surface area (TPSA) is 66.4 Å². The molecule has 0 heterocycles. The molecule has 0 saturated carbocycles. The lowest BCUT2D eigenvalue weighted by Crippen LogP contribution is -2.29. The van der Waals surface area contributed by atoms with Crippen LogP contribution in [-0.4, -0.2) is 28.6 Å². The SMILES string of the molecule is C=CC(NC(=O)O)SCC=O. The minimum Gasteiger partial charge on any atom is -0.465 e. The molecule has 0 spiro atoms. The molecule has 2 N–H and O–H groups in total. The van der Waals surface area contributed by atoms with Crippen molar-refractivity contribution < 1.29 is 14.7 Å². The molecule has 1 atom stereocenters. The molecule has 0 fully saturated rings. The molecular weight excluding hydrogens is 166 g/mol. The van der Waals surface area contributed by atoms with Crippen LogP contribution in [0.15, 0.2) is 12.7 Å². The summed E-state index contributed by atoms with van der Waals surface area (Å²) in [6.07, 6.45) is 1.03. The Kier molecular flexibility index (Phi) is 5.28. The number of thioether (sulfide) groups is 1. The molecule has 0 saturated heterocycles. The van der Waals surface area contributed by atoms with Crippen LogP contribution in [-0.2, 0) is 4.79 Å². The van der Waals surface area contributed by atoms with E-state index in [4.69, 9.17) is 5.11 Å². The number of rotatable bonds is 5. The summed E-state index contributed by atoms with van der Waals surface area (Å²) < 4.78 is 0. The van der Waals surface area contributed by atoms with Crippen molar-refractivity contribution in [2.75, 3.05) is 5.75 Å². The van der Waals surface area contributed by atoms with Crippen molar-refractivity contribution >= 4 is 24.1 Å². The Bertz CT molecular complexity index is 160. The fraction of sp³-hybridized carbons (Fsp3) is 0.333. The molecule has 62 valence electrons. The molecule has 0 radical (unpaired) electrons. The summed E-state index contributed by atoms with van der Waals surface area (Å²) in [5, 5.41) is 10.0. The quantitative estimate of drug-likeness (QED) is 0.366. The summed E-state index contributed by atoms with van der Waals surface area (Å²) in [7, 11) is 0. The summed E-state index contributed by atoms with van der Waals surface area (Å²) in [6.45, 7) is 3.40. The average molecular weight is 175 g/mol. The number of hydrogen-bond acceptors (Lipinski definition) is 3. The second-order valence-electron chi connectivity index (χ2n) is 1.61. The van der Waals surface area contributed by atoms with Gasteiger partial charge in [0.25, 0.3) is 0 Å². The molecule has 0 bridgehead atoms. The summed E-state index contributed by atoms with van der Waals surface area (Å²) in [5.74, 6) is 0.261. The van der Waals surface area contributed by atoms with E-state index in [1.165, 1.54) is 17.8 Å². The maximum Gasteiger partial charge on any atom is 0.405 e.